The van der Waals surface area contributed by atoms with Crippen molar-refractivity contribution in [2.24, 2.45) is 0 Å². The molecule has 2 aromatic carbocycles. The third-order valence-electron chi connectivity index (χ3n) is 3.69. The van der Waals surface area contributed by atoms with E-state index in [0.717, 1.165) is 11.1 Å². The molecular weight excluding hydrogens is 340 g/mol. The van der Waals surface area contributed by atoms with E-state index in [1.54, 1.807) is 18.2 Å². The lowest BCUT2D eigenvalue weighted by atomic mass is 10.1. The van der Waals surface area contributed by atoms with Gasteiger partial charge in [0.2, 0.25) is 11.8 Å². The fourth-order valence-corrected chi connectivity index (χ4v) is 2.63. The Balaban J connectivity index is 2.10. The van der Waals surface area contributed by atoms with Crippen molar-refractivity contribution in [3.05, 3.63) is 58.6 Å². The first-order valence-corrected chi connectivity index (χ1v) is 8.22. The van der Waals surface area contributed by atoms with Gasteiger partial charge in [-0.15, -0.1) is 0 Å². The van der Waals surface area contributed by atoms with Gasteiger partial charge in [-0.05, 0) is 30.7 Å². The Morgan fingerprint density at radius 1 is 1.20 bits per heavy atom. The molecule has 5 nitrogen and oxygen atoms in total. The van der Waals surface area contributed by atoms with Gasteiger partial charge in [0, 0.05) is 18.5 Å². The van der Waals surface area contributed by atoms with Crippen LogP contribution in [0.15, 0.2) is 42.5 Å². The zero-order valence-corrected chi connectivity index (χ0v) is 15.3. The monoisotopic (exact) mass is 360 g/mol. The highest BCUT2D eigenvalue weighted by Crippen LogP contribution is 2.31. The van der Waals surface area contributed by atoms with Gasteiger partial charge in [-0.1, -0.05) is 41.4 Å². The number of carbonyl (C=O) groups excluding carboxylic acids is 2. The second-order valence-electron chi connectivity index (χ2n) is 5.69. The summed E-state index contributed by atoms with van der Waals surface area (Å²) in [5, 5.41) is 3.29. The maximum atomic E-state index is 12.3. The van der Waals surface area contributed by atoms with Crippen molar-refractivity contribution >= 4 is 29.1 Å². The van der Waals surface area contributed by atoms with Gasteiger partial charge in [-0.2, -0.15) is 0 Å². The first kappa shape index (κ1) is 18.8. The van der Waals surface area contributed by atoms with Crippen molar-refractivity contribution < 1.29 is 14.3 Å². The van der Waals surface area contributed by atoms with Crippen molar-refractivity contribution in [3.8, 4) is 5.75 Å². The summed E-state index contributed by atoms with van der Waals surface area (Å²) in [6.07, 6.45) is 0. The van der Waals surface area contributed by atoms with Gasteiger partial charge in [0.25, 0.3) is 0 Å². The van der Waals surface area contributed by atoms with Gasteiger partial charge in [0.15, 0.2) is 0 Å². The summed E-state index contributed by atoms with van der Waals surface area (Å²) in [5.41, 5.74) is 2.59. The predicted octanol–water partition coefficient (Wildman–Crippen LogP) is 3.33. The number of methoxy groups -OCH3 is 1. The number of carbonyl (C=O) groups is 2. The van der Waals surface area contributed by atoms with Crippen LogP contribution in [0.25, 0.3) is 0 Å². The molecule has 0 atom stereocenters. The maximum absolute atomic E-state index is 12.3. The third kappa shape index (κ3) is 5.22. The minimum Gasteiger partial charge on any atom is -0.495 e. The molecule has 0 aliphatic carbocycles. The van der Waals surface area contributed by atoms with Crippen LogP contribution in [-0.2, 0) is 16.1 Å². The molecule has 0 saturated carbocycles. The topological polar surface area (TPSA) is 58.6 Å². The van der Waals surface area contributed by atoms with Gasteiger partial charge >= 0.3 is 0 Å². The molecule has 0 aliphatic heterocycles. The van der Waals surface area contributed by atoms with E-state index >= 15 is 0 Å². The number of hydrogen-bond acceptors (Lipinski definition) is 3. The minimum atomic E-state index is -0.272. The average molecular weight is 361 g/mol. The van der Waals surface area contributed by atoms with Crippen LogP contribution in [0.5, 0.6) is 5.75 Å². The van der Waals surface area contributed by atoms with Crippen molar-refractivity contribution in [3.63, 3.8) is 0 Å². The molecule has 2 rings (SSSR count). The van der Waals surface area contributed by atoms with Crippen LogP contribution in [0.2, 0.25) is 5.02 Å². The smallest absolute Gasteiger partial charge is 0.240 e. The summed E-state index contributed by atoms with van der Waals surface area (Å²) in [6.45, 7) is 3.68. The first-order chi connectivity index (χ1) is 11.9. The van der Waals surface area contributed by atoms with E-state index in [-0.39, 0.29) is 18.4 Å². The normalized spacial score (nSPS) is 10.2. The number of anilines is 1. The number of nitrogens with one attached hydrogen (secondary N) is 1. The molecule has 2 amide bonds. The quantitative estimate of drug-likeness (QED) is 0.859. The van der Waals surface area contributed by atoms with Crippen LogP contribution < -0.4 is 15.0 Å². The van der Waals surface area contributed by atoms with Crippen LogP contribution >= 0.6 is 11.6 Å². The standard InChI is InChI=1S/C19H21ClN2O3/c1-13-5-4-6-15(9-13)11-21-19(24)12-22(14(2)23)17-10-16(20)7-8-18(17)25-3/h4-10H,11-12H2,1-3H3,(H,21,24). The number of amides is 2. The second-order valence-corrected chi connectivity index (χ2v) is 6.12. The Hall–Kier alpha value is -2.53. The molecule has 2 aromatic rings. The third-order valence-corrected chi connectivity index (χ3v) is 3.92. The molecule has 0 radical (unpaired) electrons. The van der Waals surface area contributed by atoms with E-state index in [0.29, 0.717) is 23.0 Å². The zero-order chi connectivity index (χ0) is 18.4. The Bertz CT molecular complexity index is 777. The van der Waals surface area contributed by atoms with Crippen LogP contribution in [0.1, 0.15) is 18.1 Å². The van der Waals surface area contributed by atoms with Gasteiger partial charge in [-0.25, -0.2) is 0 Å². The molecule has 0 saturated heterocycles. The number of nitrogens with zero attached hydrogens (tertiary/aromatic N) is 1. The van der Waals surface area contributed by atoms with Crippen molar-refractivity contribution in [1.82, 2.24) is 5.32 Å². The number of aryl methyl sites for hydroxylation is 1. The Morgan fingerprint density at radius 2 is 1.96 bits per heavy atom. The molecule has 0 heterocycles. The first-order valence-electron chi connectivity index (χ1n) is 7.84. The molecule has 132 valence electrons. The number of rotatable bonds is 6. The molecule has 6 heteroatoms. The summed E-state index contributed by atoms with van der Waals surface area (Å²) < 4.78 is 5.27. The SMILES string of the molecule is COc1ccc(Cl)cc1N(CC(=O)NCc1cccc(C)c1)C(C)=O. The molecule has 25 heavy (non-hydrogen) atoms. The largest absolute Gasteiger partial charge is 0.495 e. The minimum absolute atomic E-state index is 0.113. The van der Waals surface area contributed by atoms with E-state index in [1.807, 2.05) is 31.2 Å². The van der Waals surface area contributed by atoms with Gasteiger partial charge in [0.05, 0.1) is 12.8 Å². The molecule has 0 aliphatic rings. The van der Waals surface area contributed by atoms with Crippen molar-refractivity contribution in [2.75, 3.05) is 18.6 Å². The van der Waals surface area contributed by atoms with E-state index < -0.39 is 0 Å². The summed E-state index contributed by atoms with van der Waals surface area (Å²) in [4.78, 5) is 25.7. The number of ether oxygens (including phenoxy) is 1. The second kappa shape index (κ2) is 8.53. The highest BCUT2D eigenvalue weighted by Gasteiger charge is 2.19. The van der Waals surface area contributed by atoms with Crippen LogP contribution in [0.3, 0.4) is 0 Å². The lowest BCUT2D eigenvalue weighted by Gasteiger charge is -2.23. The van der Waals surface area contributed by atoms with Crippen LogP contribution in [0.4, 0.5) is 5.69 Å². The van der Waals surface area contributed by atoms with Crippen molar-refractivity contribution in [1.29, 1.82) is 0 Å². The fraction of sp³-hybridized carbons (Fsp3) is 0.263. The van der Waals surface area contributed by atoms with E-state index in [9.17, 15) is 9.59 Å². The molecular formula is C19H21ClN2O3. The summed E-state index contributed by atoms with van der Waals surface area (Å²) in [7, 11) is 1.50. The molecule has 1 N–H and O–H groups in total. The van der Waals surface area contributed by atoms with Crippen LogP contribution in [-0.4, -0.2) is 25.5 Å². The van der Waals surface area contributed by atoms with E-state index in [1.165, 1.54) is 18.9 Å². The number of benzene rings is 2. The van der Waals surface area contributed by atoms with Gasteiger partial charge in [0.1, 0.15) is 12.3 Å². The van der Waals surface area contributed by atoms with Gasteiger partial charge in [-0.3, -0.25) is 14.5 Å². The highest BCUT2D eigenvalue weighted by atomic mass is 35.5. The predicted molar refractivity (Wildman–Crippen MR) is 99.1 cm³/mol. The lowest BCUT2D eigenvalue weighted by Crippen LogP contribution is -2.39. The summed E-state index contributed by atoms with van der Waals surface area (Å²) >= 11 is 6.02. The van der Waals surface area contributed by atoms with E-state index in [4.69, 9.17) is 16.3 Å². The average Bonchev–Trinajstić information content (AvgIpc) is 2.57. The Kier molecular flexibility index (Phi) is 6.42. The Morgan fingerprint density at radius 3 is 2.60 bits per heavy atom. The van der Waals surface area contributed by atoms with Crippen LogP contribution in [0, 0.1) is 6.92 Å². The van der Waals surface area contributed by atoms with E-state index in [2.05, 4.69) is 5.32 Å². The molecule has 0 fully saturated rings. The number of halogens is 1. The molecule has 0 spiro atoms. The Labute approximate surface area is 152 Å². The highest BCUT2D eigenvalue weighted by molar-refractivity contribution is 6.31. The number of hydrogen-bond donors (Lipinski definition) is 1. The summed E-state index contributed by atoms with van der Waals surface area (Å²) in [6, 6.07) is 12.8. The lowest BCUT2D eigenvalue weighted by molar-refractivity contribution is -0.123. The molecule has 0 aromatic heterocycles. The van der Waals surface area contributed by atoms with Gasteiger partial charge < -0.3 is 10.1 Å². The zero-order valence-electron chi connectivity index (χ0n) is 14.5. The molecule has 0 unspecified atom stereocenters. The summed E-state index contributed by atoms with van der Waals surface area (Å²) in [5.74, 6) is -0.0592. The van der Waals surface area contributed by atoms with Crippen molar-refractivity contribution in [2.45, 2.75) is 20.4 Å². The fourth-order valence-electron chi connectivity index (χ4n) is 2.46. The molecule has 0 bridgehead atoms. The maximum Gasteiger partial charge on any atom is 0.240 e.